The van der Waals surface area contributed by atoms with E-state index >= 15 is 0 Å². The Bertz CT molecular complexity index is 381. The molecule has 1 unspecified atom stereocenters. The minimum atomic E-state index is -4.19. The molecule has 0 radical (unpaired) electrons. The summed E-state index contributed by atoms with van der Waals surface area (Å²) < 4.78 is 36.5. The second-order valence-corrected chi connectivity index (χ2v) is 4.41. The fourth-order valence-electron chi connectivity index (χ4n) is 1.63. The van der Waals surface area contributed by atoms with E-state index in [9.17, 15) is 13.2 Å². The van der Waals surface area contributed by atoms with Gasteiger partial charge in [-0.25, -0.2) is 4.98 Å². The molecule has 0 amide bonds. The maximum Gasteiger partial charge on any atom is 0.391 e. The second kappa shape index (κ2) is 6.60. The van der Waals surface area contributed by atoms with Crippen molar-refractivity contribution in [2.75, 3.05) is 30.4 Å². The summed E-state index contributed by atoms with van der Waals surface area (Å²) >= 11 is 0. The first-order chi connectivity index (χ1) is 8.81. The van der Waals surface area contributed by atoms with Gasteiger partial charge in [0.05, 0.1) is 24.9 Å². The van der Waals surface area contributed by atoms with Crippen LogP contribution in [0.2, 0.25) is 0 Å². The van der Waals surface area contributed by atoms with Crippen LogP contribution in [-0.2, 0) is 0 Å². The number of pyridine rings is 1. The van der Waals surface area contributed by atoms with E-state index in [-0.39, 0.29) is 6.61 Å². The van der Waals surface area contributed by atoms with Crippen molar-refractivity contribution in [2.24, 2.45) is 0 Å². The van der Waals surface area contributed by atoms with Crippen LogP contribution < -0.4 is 10.2 Å². The SMILES string of the molecule is CC(CC(F)(F)F)Nc1ccc(N(C)CCO)cn1. The molecular weight excluding hydrogens is 259 g/mol. The number of alkyl halides is 3. The number of halogens is 3. The minimum absolute atomic E-state index is 0.0269. The van der Waals surface area contributed by atoms with Gasteiger partial charge in [0.2, 0.25) is 0 Å². The average molecular weight is 277 g/mol. The summed E-state index contributed by atoms with van der Waals surface area (Å²) in [5.74, 6) is 0.401. The maximum absolute atomic E-state index is 12.2. The third kappa shape index (κ3) is 5.78. The lowest BCUT2D eigenvalue weighted by molar-refractivity contribution is -0.136. The van der Waals surface area contributed by atoms with Gasteiger partial charge in [-0.3, -0.25) is 0 Å². The van der Waals surface area contributed by atoms with Crippen molar-refractivity contribution >= 4 is 11.5 Å². The fourth-order valence-corrected chi connectivity index (χ4v) is 1.63. The van der Waals surface area contributed by atoms with E-state index in [2.05, 4.69) is 10.3 Å². The number of hydrogen-bond acceptors (Lipinski definition) is 4. The van der Waals surface area contributed by atoms with Gasteiger partial charge < -0.3 is 15.3 Å². The molecule has 0 bridgehead atoms. The largest absolute Gasteiger partial charge is 0.395 e. The molecule has 4 nitrogen and oxygen atoms in total. The Morgan fingerprint density at radius 1 is 1.42 bits per heavy atom. The summed E-state index contributed by atoms with van der Waals surface area (Å²) in [7, 11) is 1.80. The van der Waals surface area contributed by atoms with E-state index in [1.54, 1.807) is 30.3 Å². The molecule has 0 aliphatic carbocycles. The van der Waals surface area contributed by atoms with E-state index < -0.39 is 18.6 Å². The quantitative estimate of drug-likeness (QED) is 0.837. The van der Waals surface area contributed by atoms with Crippen LogP contribution in [0.15, 0.2) is 18.3 Å². The highest BCUT2D eigenvalue weighted by atomic mass is 19.4. The van der Waals surface area contributed by atoms with Crippen molar-refractivity contribution in [2.45, 2.75) is 25.6 Å². The molecule has 19 heavy (non-hydrogen) atoms. The van der Waals surface area contributed by atoms with Gasteiger partial charge in [0, 0.05) is 19.6 Å². The number of aliphatic hydroxyl groups excluding tert-OH is 1. The number of nitrogens with one attached hydrogen (secondary N) is 1. The van der Waals surface area contributed by atoms with Gasteiger partial charge in [-0.15, -0.1) is 0 Å². The van der Waals surface area contributed by atoms with Gasteiger partial charge in [0.25, 0.3) is 0 Å². The molecule has 108 valence electrons. The average Bonchev–Trinajstić information content (AvgIpc) is 2.27. The van der Waals surface area contributed by atoms with Crippen LogP contribution >= 0.6 is 0 Å². The Kier molecular flexibility index (Phi) is 5.41. The number of rotatable bonds is 6. The highest BCUT2D eigenvalue weighted by Crippen LogP contribution is 2.23. The summed E-state index contributed by atoms with van der Waals surface area (Å²) in [4.78, 5) is 5.85. The molecule has 0 saturated carbocycles. The van der Waals surface area contributed by atoms with E-state index in [1.807, 2.05) is 0 Å². The molecule has 0 fully saturated rings. The molecule has 0 spiro atoms. The Labute approximate surface area is 110 Å². The molecule has 0 saturated heterocycles. The Morgan fingerprint density at radius 3 is 2.58 bits per heavy atom. The van der Waals surface area contributed by atoms with Gasteiger partial charge in [0.15, 0.2) is 0 Å². The molecule has 1 rings (SSSR count). The zero-order valence-electron chi connectivity index (χ0n) is 10.9. The molecule has 1 aromatic heterocycles. The molecule has 1 atom stereocenters. The number of aromatic nitrogens is 1. The molecule has 7 heteroatoms. The molecule has 0 aromatic carbocycles. The lowest BCUT2D eigenvalue weighted by Crippen LogP contribution is -2.24. The normalized spacial score (nSPS) is 13.2. The molecule has 0 aliphatic rings. The standard InChI is InChI=1S/C12H18F3N3O/c1-9(7-12(13,14)15)17-11-4-3-10(8-16-11)18(2)5-6-19/h3-4,8-9,19H,5-7H2,1-2H3,(H,16,17). The third-order valence-corrected chi connectivity index (χ3v) is 2.56. The lowest BCUT2D eigenvalue weighted by Gasteiger charge is -2.19. The van der Waals surface area contributed by atoms with Crippen LogP contribution in [-0.4, -0.2) is 42.5 Å². The topological polar surface area (TPSA) is 48.4 Å². The predicted octanol–water partition coefficient (Wildman–Crippen LogP) is 2.26. The van der Waals surface area contributed by atoms with Crippen molar-refractivity contribution in [1.82, 2.24) is 4.98 Å². The smallest absolute Gasteiger partial charge is 0.391 e. The number of anilines is 2. The number of nitrogens with zero attached hydrogens (tertiary/aromatic N) is 2. The summed E-state index contributed by atoms with van der Waals surface area (Å²) in [6.07, 6.45) is -3.53. The molecule has 2 N–H and O–H groups in total. The minimum Gasteiger partial charge on any atom is -0.395 e. The lowest BCUT2D eigenvalue weighted by atomic mass is 10.2. The molecular formula is C12H18F3N3O. The highest BCUT2D eigenvalue weighted by molar-refractivity contribution is 5.49. The van der Waals surface area contributed by atoms with Gasteiger partial charge in [-0.05, 0) is 19.1 Å². The van der Waals surface area contributed by atoms with E-state index in [4.69, 9.17) is 5.11 Å². The third-order valence-electron chi connectivity index (χ3n) is 2.56. The van der Waals surface area contributed by atoms with Crippen molar-refractivity contribution in [3.8, 4) is 0 Å². The van der Waals surface area contributed by atoms with Crippen LogP contribution in [0.25, 0.3) is 0 Å². The van der Waals surface area contributed by atoms with Crippen LogP contribution in [0.4, 0.5) is 24.7 Å². The summed E-state index contributed by atoms with van der Waals surface area (Å²) in [5.41, 5.74) is 0.795. The summed E-state index contributed by atoms with van der Waals surface area (Å²) in [5, 5.41) is 11.5. The monoisotopic (exact) mass is 277 g/mol. The second-order valence-electron chi connectivity index (χ2n) is 4.41. The first-order valence-electron chi connectivity index (χ1n) is 5.93. The van der Waals surface area contributed by atoms with Crippen LogP contribution in [0.3, 0.4) is 0 Å². The van der Waals surface area contributed by atoms with Gasteiger partial charge in [-0.2, -0.15) is 13.2 Å². The Morgan fingerprint density at radius 2 is 2.11 bits per heavy atom. The van der Waals surface area contributed by atoms with E-state index in [0.29, 0.717) is 12.4 Å². The van der Waals surface area contributed by atoms with Gasteiger partial charge in [-0.1, -0.05) is 0 Å². The van der Waals surface area contributed by atoms with Crippen LogP contribution in [0.1, 0.15) is 13.3 Å². The molecule has 1 aromatic rings. The first-order valence-corrected chi connectivity index (χ1v) is 5.93. The zero-order chi connectivity index (χ0) is 14.5. The van der Waals surface area contributed by atoms with Gasteiger partial charge >= 0.3 is 6.18 Å². The summed E-state index contributed by atoms with van der Waals surface area (Å²) in [6.45, 7) is 1.96. The predicted molar refractivity (Wildman–Crippen MR) is 68.3 cm³/mol. The maximum atomic E-state index is 12.2. The van der Waals surface area contributed by atoms with Crippen molar-refractivity contribution < 1.29 is 18.3 Å². The Balaban J connectivity index is 2.57. The van der Waals surface area contributed by atoms with Crippen molar-refractivity contribution in [3.05, 3.63) is 18.3 Å². The van der Waals surface area contributed by atoms with Gasteiger partial charge in [0.1, 0.15) is 5.82 Å². The van der Waals surface area contributed by atoms with Crippen LogP contribution in [0.5, 0.6) is 0 Å². The zero-order valence-corrected chi connectivity index (χ0v) is 10.9. The number of aliphatic hydroxyl groups is 1. The van der Waals surface area contributed by atoms with Crippen molar-refractivity contribution in [3.63, 3.8) is 0 Å². The molecule has 1 heterocycles. The number of likely N-dealkylation sites (N-methyl/N-ethyl adjacent to an activating group) is 1. The van der Waals surface area contributed by atoms with Crippen molar-refractivity contribution in [1.29, 1.82) is 0 Å². The number of hydrogen-bond donors (Lipinski definition) is 2. The Hall–Kier alpha value is -1.50. The van der Waals surface area contributed by atoms with Crippen LogP contribution in [0, 0.1) is 0 Å². The first kappa shape index (κ1) is 15.6. The van der Waals surface area contributed by atoms with E-state index in [0.717, 1.165) is 5.69 Å². The van der Waals surface area contributed by atoms with E-state index in [1.165, 1.54) is 6.92 Å². The highest BCUT2D eigenvalue weighted by Gasteiger charge is 2.29. The fraction of sp³-hybridized carbons (Fsp3) is 0.583. The molecule has 0 aliphatic heterocycles. The summed E-state index contributed by atoms with van der Waals surface area (Å²) in [6, 6.07) is 2.63.